The predicted octanol–water partition coefficient (Wildman–Crippen LogP) is 4.64. The Bertz CT molecular complexity index is 1090. The number of nitrogens with one attached hydrogen (secondary N) is 1. The molecule has 2 aliphatic heterocycles. The highest BCUT2D eigenvalue weighted by atomic mass is 32.2. The highest BCUT2D eigenvalue weighted by Crippen LogP contribution is 2.31. The number of piperidine rings is 1. The van der Waals surface area contributed by atoms with Gasteiger partial charge in [-0.25, -0.2) is 8.42 Å². The van der Waals surface area contributed by atoms with Gasteiger partial charge in [0.05, 0.1) is 10.5 Å². The third kappa shape index (κ3) is 4.63. The Morgan fingerprint density at radius 2 is 1.44 bits per heavy atom. The maximum atomic E-state index is 13.4. The normalized spacial score (nSPS) is 17.0. The van der Waals surface area contributed by atoms with E-state index < -0.39 is 10.0 Å². The van der Waals surface area contributed by atoms with Crippen LogP contribution in [0.1, 0.15) is 59.2 Å². The minimum atomic E-state index is -3.78. The molecule has 172 valence electrons. The van der Waals surface area contributed by atoms with Crippen LogP contribution in [0.5, 0.6) is 0 Å². The summed E-state index contributed by atoms with van der Waals surface area (Å²) in [6, 6.07) is 9.15. The van der Waals surface area contributed by atoms with Crippen LogP contribution in [0.3, 0.4) is 0 Å². The number of hydrogen-bond donors (Lipinski definition) is 1. The number of sulfonamides is 1. The summed E-state index contributed by atoms with van der Waals surface area (Å²) in [4.78, 5) is 17.9. The van der Waals surface area contributed by atoms with Gasteiger partial charge in [-0.15, -0.1) is 0 Å². The van der Waals surface area contributed by atoms with E-state index in [-0.39, 0.29) is 5.91 Å². The van der Waals surface area contributed by atoms with Gasteiger partial charge in [0.2, 0.25) is 0 Å². The summed E-state index contributed by atoms with van der Waals surface area (Å²) in [7, 11) is -3.78. The van der Waals surface area contributed by atoms with Gasteiger partial charge in [0, 0.05) is 37.6 Å². The lowest BCUT2D eigenvalue weighted by atomic mass is 10.1. The molecule has 1 N–H and O–H groups in total. The second-order valence-electron chi connectivity index (χ2n) is 9.11. The van der Waals surface area contributed by atoms with Gasteiger partial charge in [-0.05, 0) is 82.2 Å². The van der Waals surface area contributed by atoms with Gasteiger partial charge in [-0.3, -0.25) is 9.52 Å². The van der Waals surface area contributed by atoms with E-state index in [4.69, 9.17) is 0 Å². The molecule has 2 aliphatic rings. The number of carbonyl (C=O) groups is 1. The monoisotopic (exact) mass is 455 g/mol. The lowest BCUT2D eigenvalue weighted by molar-refractivity contribution is 0.0725. The molecule has 2 aromatic carbocycles. The van der Waals surface area contributed by atoms with Gasteiger partial charge < -0.3 is 9.80 Å². The number of rotatable bonds is 5. The quantitative estimate of drug-likeness (QED) is 0.713. The van der Waals surface area contributed by atoms with E-state index in [0.29, 0.717) is 27.3 Å². The van der Waals surface area contributed by atoms with Crippen LogP contribution in [0.4, 0.5) is 11.4 Å². The molecule has 0 radical (unpaired) electrons. The van der Waals surface area contributed by atoms with Gasteiger partial charge in [-0.2, -0.15) is 0 Å². The first-order valence-electron chi connectivity index (χ1n) is 11.6. The summed E-state index contributed by atoms with van der Waals surface area (Å²) < 4.78 is 29.3. The number of aryl methyl sites for hydroxylation is 3. The van der Waals surface area contributed by atoms with Crippen LogP contribution < -0.4 is 9.62 Å². The third-order valence-electron chi connectivity index (χ3n) is 6.44. The minimum Gasteiger partial charge on any atom is -0.371 e. The molecule has 0 unspecified atom stereocenters. The van der Waals surface area contributed by atoms with Gasteiger partial charge in [0.15, 0.2) is 0 Å². The molecule has 2 heterocycles. The van der Waals surface area contributed by atoms with Crippen LogP contribution in [-0.4, -0.2) is 45.4 Å². The lowest BCUT2D eigenvalue weighted by Gasteiger charge is -2.29. The van der Waals surface area contributed by atoms with Crippen molar-refractivity contribution >= 4 is 27.3 Å². The van der Waals surface area contributed by atoms with Gasteiger partial charge in [0.1, 0.15) is 0 Å². The highest BCUT2D eigenvalue weighted by molar-refractivity contribution is 7.92. The van der Waals surface area contributed by atoms with Crippen molar-refractivity contribution in [3.63, 3.8) is 0 Å². The van der Waals surface area contributed by atoms with Crippen LogP contribution in [0.2, 0.25) is 0 Å². The number of anilines is 2. The van der Waals surface area contributed by atoms with Gasteiger partial charge in [-0.1, -0.05) is 17.7 Å². The van der Waals surface area contributed by atoms with Crippen LogP contribution in [0.25, 0.3) is 0 Å². The fraction of sp³-hybridized carbons (Fsp3) is 0.480. The number of nitrogens with zero attached hydrogens (tertiary/aromatic N) is 2. The van der Waals surface area contributed by atoms with E-state index in [1.807, 2.05) is 43.9 Å². The predicted molar refractivity (Wildman–Crippen MR) is 129 cm³/mol. The molecule has 0 atom stereocenters. The van der Waals surface area contributed by atoms with Crippen LogP contribution >= 0.6 is 0 Å². The van der Waals surface area contributed by atoms with Crippen molar-refractivity contribution in [1.82, 2.24) is 4.90 Å². The Labute approximate surface area is 191 Å². The van der Waals surface area contributed by atoms with Crippen molar-refractivity contribution in [3.05, 3.63) is 52.6 Å². The Hall–Kier alpha value is -2.54. The van der Waals surface area contributed by atoms with Gasteiger partial charge >= 0.3 is 0 Å². The first-order valence-corrected chi connectivity index (χ1v) is 13.0. The zero-order chi connectivity index (χ0) is 22.9. The maximum Gasteiger partial charge on any atom is 0.262 e. The van der Waals surface area contributed by atoms with E-state index >= 15 is 0 Å². The number of carbonyl (C=O) groups excluding carboxylic acids is 1. The standard InChI is InChI=1S/C25H33N3O3S/c1-18-15-19(2)24(20(3)16-18)32(30,31)26-21-9-10-23(27-11-7-8-12-27)22(17-21)25(29)28-13-5-4-6-14-28/h9-10,15-17,26H,4-8,11-14H2,1-3H3. The Kier molecular flexibility index (Phi) is 6.47. The van der Waals surface area contributed by atoms with E-state index in [9.17, 15) is 13.2 Å². The van der Waals surface area contributed by atoms with E-state index in [0.717, 1.165) is 69.5 Å². The number of benzene rings is 2. The van der Waals surface area contributed by atoms with Crippen LogP contribution in [0, 0.1) is 20.8 Å². The molecule has 6 nitrogen and oxygen atoms in total. The molecule has 2 saturated heterocycles. The molecule has 7 heteroatoms. The summed E-state index contributed by atoms with van der Waals surface area (Å²) in [5, 5.41) is 0. The lowest BCUT2D eigenvalue weighted by Crippen LogP contribution is -2.36. The molecule has 0 aliphatic carbocycles. The number of likely N-dealkylation sites (tertiary alicyclic amines) is 1. The first kappa shape index (κ1) is 22.6. The molecule has 0 bridgehead atoms. The molecular formula is C25H33N3O3S. The molecule has 0 spiro atoms. The summed E-state index contributed by atoms with van der Waals surface area (Å²) in [5.74, 6) is -0.00431. The molecule has 4 rings (SSSR count). The second kappa shape index (κ2) is 9.14. The number of amides is 1. The fourth-order valence-electron chi connectivity index (χ4n) is 5.07. The zero-order valence-electron chi connectivity index (χ0n) is 19.3. The topological polar surface area (TPSA) is 69.7 Å². The Morgan fingerprint density at radius 3 is 2.06 bits per heavy atom. The van der Waals surface area contributed by atoms with E-state index in [1.54, 1.807) is 12.1 Å². The summed E-state index contributed by atoms with van der Waals surface area (Å²) in [5.41, 5.74) is 4.38. The van der Waals surface area contributed by atoms with E-state index in [2.05, 4.69) is 9.62 Å². The summed E-state index contributed by atoms with van der Waals surface area (Å²) in [6.07, 6.45) is 5.40. The smallest absolute Gasteiger partial charge is 0.262 e. The van der Waals surface area contributed by atoms with Gasteiger partial charge in [0.25, 0.3) is 15.9 Å². The van der Waals surface area contributed by atoms with Crippen molar-refractivity contribution in [2.75, 3.05) is 35.8 Å². The molecule has 1 amide bonds. The van der Waals surface area contributed by atoms with Crippen molar-refractivity contribution in [2.45, 2.75) is 57.8 Å². The van der Waals surface area contributed by atoms with Crippen LogP contribution in [-0.2, 0) is 10.0 Å². The summed E-state index contributed by atoms with van der Waals surface area (Å²) in [6.45, 7) is 8.96. The average molecular weight is 456 g/mol. The maximum absolute atomic E-state index is 13.4. The van der Waals surface area contributed by atoms with Crippen LogP contribution in [0.15, 0.2) is 35.2 Å². The number of hydrogen-bond acceptors (Lipinski definition) is 4. The highest BCUT2D eigenvalue weighted by Gasteiger charge is 2.26. The van der Waals surface area contributed by atoms with Crippen molar-refractivity contribution in [1.29, 1.82) is 0 Å². The molecule has 2 aromatic rings. The molecule has 2 fully saturated rings. The van der Waals surface area contributed by atoms with Crippen molar-refractivity contribution in [3.8, 4) is 0 Å². The third-order valence-corrected chi connectivity index (χ3v) is 8.13. The van der Waals surface area contributed by atoms with Crippen molar-refractivity contribution < 1.29 is 13.2 Å². The second-order valence-corrected chi connectivity index (χ2v) is 10.7. The first-order chi connectivity index (χ1) is 15.3. The van der Waals surface area contributed by atoms with E-state index in [1.165, 1.54) is 0 Å². The largest absolute Gasteiger partial charge is 0.371 e. The average Bonchev–Trinajstić information content (AvgIpc) is 3.27. The molecule has 32 heavy (non-hydrogen) atoms. The molecule has 0 aromatic heterocycles. The fourth-order valence-corrected chi connectivity index (χ4v) is 6.57. The summed E-state index contributed by atoms with van der Waals surface area (Å²) >= 11 is 0. The zero-order valence-corrected chi connectivity index (χ0v) is 20.1. The molecular weight excluding hydrogens is 422 g/mol. The SMILES string of the molecule is Cc1cc(C)c(S(=O)(=O)Nc2ccc(N3CCCC3)c(C(=O)N3CCCCC3)c2)c(C)c1. The molecule has 0 saturated carbocycles. The Morgan fingerprint density at radius 1 is 0.844 bits per heavy atom. The minimum absolute atomic E-state index is 0.00431. The Balaban J connectivity index is 1.70. The van der Waals surface area contributed by atoms with Crippen molar-refractivity contribution in [2.24, 2.45) is 0 Å².